The third-order valence-electron chi connectivity index (χ3n) is 4.70. The van der Waals surface area contributed by atoms with Crippen molar-refractivity contribution in [2.75, 3.05) is 18.6 Å². The van der Waals surface area contributed by atoms with Gasteiger partial charge >= 0.3 is 5.97 Å². The molecular weight excluding hydrogens is 358 g/mol. The highest BCUT2D eigenvalue weighted by molar-refractivity contribution is 7.91. The molecule has 26 heavy (non-hydrogen) atoms. The Kier molecular flexibility index (Phi) is 5.90. The minimum absolute atomic E-state index is 0.0463. The normalized spacial score (nSPS) is 20.3. The maximum atomic E-state index is 12.4. The van der Waals surface area contributed by atoms with Gasteiger partial charge in [0.15, 0.2) is 15.9 Å². The number of rotatable bonds is 5. The Morgan fingerprint density at radius 2 is 2.04 bits per heavy atom. The SMILES string of the molecule is Cc1nn(C)c(C)c1/C=C/C(=O)O[C@H](C)C(=O)N(C)[C@H]1CCS(=O)(=O)C1. The summed E-state index contributed by atoms with van der Waals surface area (Å²) in [6.07, 6.45) is 2.30. The van der Waals surface area contributed by atoms with E-state index >= 15 is 0 Å². The summed E-state index contributed by atoms with van der Waals surface area (Å²) in [5, 5.41) is 4.26. The van der Waals surface area contributed by atoms with E-state index < -0.39 is 27.8 Å². The van der Waals surface area contributed by atoms with Crippen LogP contribution in [0.5, 0.6) is 0 Å². The highest BCUT2D eigenvalue weighted by Crippen LogP contribution is 2.18. The van der Waals surface area contributed by atoms with Crippen LogP contribution in [0.1, 0.15) is 30.3 Å². The number of likely N-dealkylation sites (N-methyl/N-ethyl adjacent to an activating group) is 1. The molecule has 2 rings (SSSR count). The van der Waals surface area contributed by atoms with Gasteiger partial charge < -0.3 is 9.64 Å². The van der Waals surface area contributed by atoms with E-state index in [0.29, 0.717) is 6.42 Å². The van der Waals surface area contributed by atoms with Crippen LogP contribution in [0, 0.1) is 13.8 Å². The molecule has 8 nitrogen and oxygen atoms in total. The van der Waals surface area contributed by atoms with Gasteiger partial charge in [0, 0.05) is 37.5 Å². The van der Waals surface area contributed by atoms with Gasteiger partial charge in [-0.15, -0.1) is 0 Å². The van der Waals surface area contributed by atoms with Crippen molar-refractivity contribution in [1.29, 1.82) is 0 Å². The molecule has 0 spiro atoms. The molecule has 0 bridgehead atoms. The average molecular weight is 383 g/mol. The van der Waals surface area contributed by atoms with Gasteiger partial charge in [-0.1, -0.05) is 0 Å². The molecular formula is C17H25N3O5S. The van der Waals surface area contributed by atoms with Gasteiger partial charge in [0.1, 0.15) is 0 Å². The molecule has 1 aliphatic heterocycles. The van der Waals surface area contributed by atoms with Crippen molar-refractivity contribution < 1.29 is 22.7 Å². The van der Waals surface area contributed by atoms with Crippen LogP contribution in [0.25, 0.3) is 6.08 Å². The van der Waals surface area contributed by atoms with Gasteiger partial charge in [0.25, 0.3) is 5.91 Å². The van der Waals surface area contributed by atoms with E-state index in [9.17, 15) is 18.0 Å². The van der Waals surface area contributed by atoms with E-state index in [-0.39, 0.29) is 17.5 Å². The standard InChI is InChI=1S/C17H25N3O5S/c1-11-15(12(2)20(5)18-11)6-7-16(21)25-13(3)17(22)19(4)14-8-9-26(23,24)10-14/h6-7,13-14H,8-10H2,1-5H3/b7-6+/t13-,14+/m1/s1. The Morgan fingerprint density at radius 1 is 1.38 bits per heavy atom. The quantitative estimate of drug-likeness (QED) is 0.546. The zero-order valence-electron chi connectivity index (χ0n) is 15.7. The van der Waals surface area contributed by atoms with Crippen molar-refractivity contribution in [3.8, 4) is 0 Å². The number of nitrogens with zero attached hydrogens (tertiary/aromatic N) is 3. The number of aromatic nitrogens is 2. The summed E-state index contributed by atoms with van der Waals surface area (Å²) in [6, 6.07) is -0.370. The largest absolute Gasteiger partial charge is 0.449 e. The molecule has 1 saturated heterocycles. The van der Waals surface area contributed by atoms with E-state index in [4.69, 9.17) is 4.74 Å². The van der Waals surface area contributed by atoms with Crippen molar-refractivity contribution in [2.24, 2.45) is 7.05 Å². The number of hydrogen-bond donors (Lipinski definition) is 0. The predicted octanol–water partition coefficient (Wildman–Crippen LogP) is 0.627. The second-order valence-corrected chi connectivity index (χ2v) is 8.86. The number of amides is 1. The van der Waals surface area contributed by atoms with Crippen molar-refractivity contribution in [2.45, 2.75) is 39.3 Å². The highest BCUT2D eigenvalue weighted by Gasteiger charge is 2.34. The molecule has 0 aliphatic carbocycles. The van der Waals surface area contributed by atoms with Crippen molar-refractivity contribution in [1.82, 2.24) is 14.7 Å². The molecule has 9 heteroatoms. The molecule has 1 aromatic heterocycles. The molecule has 1 aromatic rings. The Bertz CT molecular complexity index is 841. The second kappa shape index (κ2) is 7.61. The van der Waals surface area contributed by atoms with E-state index in [1.165, 1.54) is 24.9 Å². The number of carbonyl (C=O) groups excluding carboxylic acids is 2. The zero-order chi connectivity index (χ0) is 19.6. The molecule has 0 saturated carbocycles. The van der Waals surface area contributed by atoms with Crippen LogP contribution in [0.2, 0.25) is 0 Å². The molecule has 0 radical (unpaired) electrons. The number of aryl methyl sites for hydroxylation is 2. The lowest BCUT2D eigenvalue weighted by Crippen LogP contribution is -2.44. The minimum atomic E-state index is -3.09. The maximum absolute atomic E-state index is 12.4. The number of esters is 1. The average Bonchev–Trinajstić information content (AvgIpc) is 3.03. The first kappa shape index (κ1) is 20.2. The number of hydrogen-bond acceptors (Lipinski definition) is 6. The molecule has 1 amide bonds. The van der Waals surface area contributed by atoms with Crippen LogP contribution in [0.4, 0.5) is 0 Å². The highest BCUT2D eigenvalue weighted by atomic mass is 32.2. The van der Waals surface area contributed by atoms with Gasteiger partial charge in [-0.3, -0.25) is 9.48 Å². The van der Waals surface area contributed by atoms with Crippen LogP contribution < -0.4 is 0 Å². The fourth-order valence-electron chi connectivity index (χ4n) is 2.99. The predicted molar refractivity (Wildman–Crippen MR) is 97.1 cm³/mol. The topological polar surface area (TPSA) is 98.6 Å². The fraction of sp³-hybridized carbons (Fsp3) is 0.588. The summed E-state index contributed by atoms with van der Waals surface area (Å²) in [5.74, 6) is -1.02. The number of sulfone groups is 1. The second-order valence-electron chi connectivity index (χ2n) is 6.63. The van der Waals surface area contributed by atoms with Crippen LogP contribution in [-0.2, 0) is 31.2 Å². The minimum Gasteiger partial charge on any atom is -0.449 e. The third kappa shape index (κ3) is 4.51. The van der Waals surface area contributed by atoms with Gasteiger partial charge in [0.2, 0.25) is 0 Å². The smallest absolute Gasteiger partial charge is 0.331 e. The van der Waals surface area contributed by atoms with E-state index in [0.717, 1.165) is 17.0 Å². The van der Waals surface area contributed by atoms with E-state index in [1.54, 1.807) is 10.8 Å². The Morgan fingerprint density at radius 3 is 2.54 bits per heavy atom. The monoisotopic (exact) mass is 383 g/mol. The summed E-state index contributed by atoms with van der Waals surface area (Å²) in [6.45, 7) is 5.21. The number of carbonyl (C=O) groups is 2. The summed E-state index contributed by atoms with van der Waals surface area (Å²) in [5.41, 5.74) is 2.54. The molecule has 0 N–H and O–H groups in total. The first-order valence-electron chi connectivity index (χ1n) is 8.38. The zero-order valence-corrected chi connectivity index (χ0v) is 16.5. The summed E-state index contributed by atoms with van der Waals surface area (Å²) in [7, 11) is 0.266. The lowest BCUT2D eigenvalue weighted by Gasteiger charge is -2.26. The first-order chi connectivity index (χ1) is 12.0. The lowest BCUT2D eigenvalue weighted by molar-refractivity contribution is -0.155. The third-order valence-corrected chi connectivity index (χ3v) is 6.45. The van der Waals surface area contributed by atoms with Gasteiger partial charge in [-0.2, -0.15) is 5.10 Å². The van der Waals surface area contributed by atoms with Gasteiger partial charge in [0.05, 0.1) is 17.2 Å². The summed E-state index contributed by atoms with van der Waals surface area (Å²) >= 11 is 0. The Hall–Kier alpha value is -2.16. The molecule has 1 aliphatic rings. The van der Waals surface area contributed by atoms with Crippen LogP contribution in [-0.4, -0.2) is 65.7 Å². The molecule has 2 heterocycles. The van der Waals surface area contributed by atoms with Crippen LogP contribution in [0.15, 0.2) is 6.08 Å². The van der Waals surface area contributed by atoms with E-state index in [1.807, 2.05) is 20.9 Å². The molecule has 1 fully saturated rings. The molecule has 2 atom stereocenters. The summed E-state index contributed by atoms with van der Waals surface area (Å²) < 4.78 is 30.0. The summed E-state index contributed by atoms with van der Waals surface area (Å²) in [4.78, 5) is 25.7. The van der Waals surface area contributed by atoms with Gasteiger partial charge in [-0.05, 0) is 33.3 Å². The molecule has 144 valence electrons. The van der Waals surface area contributed by atoms with Crippen molar-refractivity contribution >= 4 is 27.8 Å². The Labute approximate surface area is 153 Å². The molecule has 0 aromatic carbocycles. The van der Waals surface area contributed by atoms with Crippen molar-refractivity contribution in [3.05, 3.63) is 23.0 Å². The molecule has 0 unspecified atom stereocenters. The fourth-order valence-corrected chi connectivity index (χ4v) is 4.77. The number of ether oxygens (including phenoxy) is 1. The van der Waals surface area contributed by atoms with Gasteiger partial charge in [-0.25, -0.2) is 13.2 Å². The van der Waals surface area contributed by atoms with E-state index in [2.05, 4.69) is 5.10 Å². The van der Waals surface area contributed by atoms with Crippen LogP contribution >= 0.6 is 0 Å². The lowest BCUT2D eigenvalue weighted by atomic mass is 10.2. The van der Waals surface area contributed by atoms with Crippen LogP contribution in [0.3, 0.4) is 0 Å². The van der Waals surface area contributed by atoms with Crippen molar-refractivity contribution in [3.63, 3.8) is 0 Å². The Balaban J connectivity index is 1.95. The maximum Gasteiger partial charge on any atom is 0.331 e. The first-order valence-corrected chi connectivity index (χ1v) is 10.2.